The van der Waals surface area contributed by atoms with Crippen LogP contribution in [0.25, 0.3) is 0 Å². The van der Waals surface area contributed by atoms with E-state index in [1.54, 1.807) is 6.20 Å². The van der Waals surface area contributed by atoms with Crippen molar-refractivity contribution in [2.24, 2.45) is 4.99 Å². The molecule has 2 N–H and O–H groups in total. The van der Waals surface area contributed by atoms with Crippen molar-refractivity contribution in [2.45, 2.75) is 20.0 Å². The van der Waals surface area contributed by atoms with Gasteiger partial charge in [0.05, 0.1) is 18.8 Å². The molecule has 0 unspecified atom stereocenters. The number of nitrogens with zero attached hydrogens (tertiary/aromatic N) is 2. The standard InChI is InChI=1S/C16H19ClN4.HI/c1-2-18-16(21-12-15-5-3-4-10-19-15)20-11-13-6-8-14(17)9-7-13;/h3-10H,2,11-12H2,1H3,(H2,18,20,21);1H. The summed E-state index contributed by atoms with van der Waals surface area (Å²) in [5.74, 6) is 0.776. The molecule has 0 fully saturated rings. The van der Waals surface area contributed by atoms with Gasteiger partial charge in [0, 0.05) is 17.8 Å². The van der Waals surface area contributed by atoms with Crippen LogP contribution in [0.3, 0.4) is 0 Å². The van der Waals surface area contributed by atoms with Crippen molar-refractivity contribution in [2.75, 3.05) is 6.54 Å². The quantitative estimate of drug-likeness (QED) is 0.433. The number of aromatic nitrogens is 1. The third-order valence-electron chi connectivity index (χ3n) is 2.84. The molecule has 1 heterocycles. The first-order valence-corrected chi connectivity index (χ1v) is 7.32. The van der Waals surface area contributed by atoms with Crippen molar-refractivity contribution in [1.29, 1.82) is 0 Å². The first kappa shape index (κ1) is 18.7. The zero-order valence-electron chi connectivity index (χ0n) is 12.4. The second-order valence-corrected chi connectivity index (χ2v) is 4.93. The maximum Gasteiger partial charge on any atom is 0.191 e. The molecule has 2 aromatic rings. The van der Waals surface area contributed by atoms with Gasteiger partial charge in [-0.25, -0.2) is 4.99 Å². The van der Waals surface area contributed by atoms with Crippen molar-refractivity contribution in [3.63, 3.8) is 0 Å². The van der Waals surface area contributed by atoms with Gasteiger partial charge in [0.15, 0.2) is 5.96 Å². The Bertz CT molecular complexity index is 572. The molecule has 2 rings (SSSR count). The van der Waals surface area contributed by atoms with Crippen LogP contribution < -0.4 is 10.6 Å². The molecule has 0 bridgehead atoms. The minimum absolute atomic E-state index is 0. The Balaban J connectivity index is 0.00000242. The highest BCUT2D eigenvalue weighted by atomic mass is 127. The van der Waals surface area contributed by atoms with Gasteiger partial charge in [-0.05, 0) is 36.8 Å². The van der Waals surface area contributed by atoms with E-state index in [2.05, 4.69) is 20.6 Å². The maximum atomic E-state index is 5.87. The Hall–Kier alpha value is -1.34. The van der Waals surface area contributed by atoms with Crippen LogP contribution in [0.5, 0.6) is 0 Å². The molecule has 0 atom stereocenters. The van der Waals surface area contributed by atoms with Gasteiger partial charge >= 0.3 is 0 Å². The molecule has 4 nitrogen and oxygen atoms in total. The fourth-order valence-electron chi connectivity index (χ4n) is 1.78. The normalized spacial score (nSPS) is 10.7. The molecule has 118 valence electrons. The Morgan fingerprint density at radius 3 is 2.55 bits per heavy atom. The topological polar surface area (TPSA) is 49.3 Å². The van der Waals surface area contributed by atoms with E-state index in [1.165, 1.54) is 0 Å². The van der Waals surface area contributed by atoms with E-state index < -0.39 is 0 Å². The molecule has 0 aliphatic carbocycles. The average Bonchev–Trinajstić information content (AvgIpc) is 2.52. The third kappa shape index (κ3) is 6.62. The number of hydrogen-bond acceptors (Lipinski definition) is 2. The van der Waals surface area contributed by atoms with Gasteiger partial charge in [-0.15, -0.1) is 24.0 Å². The number of aliphatic imine (C=N–C) groups is 1. The van der Waals surface area contributed by atoms with Crippen molar-refractivity contribution < 1.29 is 0 Å². The Morgan fingerprint density at radius 1 is 1.14 bits per heavy atom. The van der Waals surface area contributed by atoms with Crippen LogP contribution >= 0.6 is 35.6 Å². The lowest BCUT2D eigenvalue weighted by Crippen LogP contribution is -2.36. The smallest absolute Gasteiger partial charge is 0.191 e. The second-order valence-electron chi connectivity index (χ2n) is 4.50. The molecule has 0 saturated carbocycles. The van der Waals surface area contributed by atoms with Gasteiger partial charge in [-0.3, -0.25) is 4.98 Å². The summed E-state index contributed by atoms with van der Waals surface area (Å²) >= 11 is 5.87. The predicted molar refractivity (Wildman–Crippen MR) is 103 cm³/mol. The molecule has 6 heteroatoms. The number of nitrogens with one attached hydrogen (secondary N) is 2. The van der Waals surface area contributed by atoms with Crippen LogP contribution in [0.1, 0.15) is 18.2 Å². The number of pyridine rings is 1. The van der Waals surface area contributed by atoms with E-state index in [9.17, 15) is 0 Å². The van der Waals surface area contributed by atoms with Crippen molar-refractivity contribution in [3.05, 3.63) is 64.9 Å². The first-order chi connectivity index (χ1) is 10.3. The van der Waals surface area contributed by atoms with Crippen molar-refractivity contribution in [1.82, 2.24) is 15.6 Å². The Morgan fingerprint density at radius 2 is 1.91 bits per heavy atom. The predicted octanol–water partition coefficient (Wildman–Crippen LogP) is 3.61. The van der Waals surface area contributed by atoms with Gasteiger partial charge in [0.25, 0.3) is 0 Å². The van der Waals surface area contributed by atoms with Crippen LogP contribution in [0.15, 0.2) is 53.7 Å². The minimum Gasteiger partial charge on any atom is -0.357 e. The molecule has 22 heavy (non-hydrogen) atoms. The molecule has 0 amide bonds. The maximum absolute atomic E-state index is 5.87. The molecular formula is C16H20ClIN4. The lowest BCUT2D eigenvalue weighted by molar-refractivity contribution is 0.799. The van der Waals surface area contributed by atoms with Gasteiger partial charge in [0.1, 0.15) is 0 Å². The zero-order chi connectivity index (χ0) is 14.9. The van der Waals surface area contributed by atoms with Crippen LogP contribution in [0.2, 0.25) is 5.02 Å². The molecule has 0 aliphatic heterocycles. The molecule has 1 aromatic heterocycles. The van der Waals surface area contributed by atoms with Gasteiger partial charge in [-0.2, -0.15) is 0 Å². The third-order valence-corrected chi connectivity index (χ3v) is 3.09. The Kier molecular flexibility index (Phi) is 8.84. The lowest BCUT2D eigenvalue weighted by Gasteiger charge is -2.11. The highest BCUT2D eigenvalue weighted by Gasteiger charge is 1.99. The highest BCUT2D eigenvalue weighted by Crippen LogP contribution is 2.10. The highest BCUT2D eigenvalue weighted by molar-refractivity contribution is 14.0. The van der Waals surface area contributed by atoms with E-state index in [-0.39, 0.29) is 24.0 Å². The summed E-state index contributed by atoms with van der Waals surface area (Å²) in [5, 5.41) is 7.23. The van der Waals surface area contributed by atoms with Crippen LogP contribution in [-0.4, -0.2) is 17.5 Å². The van der Waals surface area contributed by atoms with Crippen molar-refractivity contribution >= 4 is 41.5 Å². The average molecular weight is 431 g/mol. The summed E-state index contributed by atoms with van der Waals surface area (Å²) in [7, 11) is 0. The summed E-state index contributed by atoms with van der Waals surface area (Å²) in [6.07, 6.45) is 1.79. The van der Waals surface area contributed by atoms with E-state index in [4.69, 9.17) is 11.6 Å². The summed E-state index contributed by atoms with van der Waals surface area (Å²) < 4.78 is 0. The number of benzene rings is 1. The monoisotopic (exact) mass is 430 g/mol. The van der Waals surface area contributed by atoms with E-state index in [1.807, 2.05) is 49.4 Å². The number of hydrogen-bond donors (Lipinski definition) is 2. The number of guanidine groups is 1. The second kappa shape index (κ2) is 10.4. The molecule has 0 radical (unpaired) electrons. The Labute approximate surface area is 153 Å². The fourth-order valence-corrected chi connectivity index (χ4v) is 1.90. The minimum atomic E-state index is 0. The summed E-state index contributed by atoms with van der Waals surface area (Å²) in [5.41, 5.74) is 2.10. The largest absolute Gasteiger partial charge is 0.357 e. The summed E-state index contributed by atoms with van der Waals surface area (Å²) in [4.78, 5) is 8.83. The molecule has 0 aliphatic rings. The van der Waals surface area contributed by atoms with E-state index in [0.29, 0.717) is 13.1 Å². The van der Waals surface area contributed by atoms with Crippen LogP contribution in [0.4, 0.5) is 0 Å². The van der Waals surface area contributed by atoms with E-state index in [0.717, 1.165) is 28.8 Å². The van der Waals surface area contributed by atoms with Gasteiger partial charge in [-0.1, -0.05) is 29.8 Å². The van der Waals surface area contributed by atoms with Crippen molar-refractivity contribution in [3.8, 4) is 0 Å². The first-order valence-electron chi connectivity index (χ1n) is 6.94. The number of halogens is 2. The molecular weight excluding hydrogens is 411 g/mol. The van der Waals surface area contributed by atoms with E-state index >= 15 is 0 Å². The summed E-state index contributed by atoms with van der Waals surface area (Å²) in [6.45, 7) is 4.11. The molecule has 1 aromatic carbocycles. The SMILES string of the molecule is CCNC(=NCc1ccc(Cl)cc1)NCc1ccccn1.I. The van der Waals surface area contributed by atoms with Gasteiger partial charge in [0.2, 0.25) is 0 Å². The molecule has 0 spiro atoms. The van der Waals surface area contributed by atoms with Crippen LogP contribution in [0, 0.1) is 0 Å². The van der Waals surface area contributed by atoms with Gasteiger partial charge < -0.3 is 10.6 Å². The molecule has 0 saturated heterocycles. The zero-order valence-corrected chi connectivity index (χ0v) is 15.5. The summed E-state index contributed by atoms with van der Waals surface area (Å²) in [6, 6.07) is 13.6. The fraction of sp³-hybridized carbons (Fsp3) is 0.250. The van der Waals surface area contributed by atoms with Crippen LogP contribution in [-0.2, 0) is 13.1 Å². The lowest BCUT2D eigenvalue weighted by atomic mass is 10.2. The number of rotatable bonds is 5.